The zero-order valence-electron chi connectivity index (χ0n) is 14.5. The van der Waals surface area contributed by atoms with Crippen LogP contribution in [-0.2, 0) is 9.53 Å². The van der Waals surface area contributed by atoms with Crippen LogP contribution < -0.4 is 0 Å². The van der Waals surface area contributed by atoms with Crippen LogP contribution in [0.5, 0.6) is 0 Å². The molecule has 2 fully saturated rings. The molecule has 4 rings (SSSR count). The highest BCUT2D eigenvalue weighted by Gasteiger charge is 2.38. The average molecular weight is 355 g/mol. The molecule has 1 aromatic carbocycles. The van der Waals surface area contributed by atoms with Gasteiger partial charge in [0.05, 0.1) is 13.2 Å². The molecule has 2 aromatic rings. The van der Waals surface area contributed by atoms with Gasteiger partial charge in [0, 0.05) is 31.3 Å². The minimum atomic E-state index is -0.419. The topological polar surface area (TPSA) is 75.9 Å². The predicted molar refractivity (Wildman–Crippen MR) is 93.4 cm³/mol. The smallest absolute Gasteiger partial charge is 0.276 e. The highest BCUT2D eigenvalue weighted by Crippen LogP contribution is 2.25. The molecule has 26 heavy (non-hydrogen) atoms. The molecule has 0 unspecified atom stereocenters. The SMILES string of the molecule is O=C([C@H]1CCCN1C(=O)c1cc(-c2ccccc2)on1)N1CCOCC1. The van der Waals surface area contributed by atoms with E-state index in [1.54, 1.807) is 15.9 Å². The number of nitrogens with zero attached hydrogens (tertiary/aromatic N) is 3. The molecule has 136 valence electrons. The molecular formula is C19H21N3O4. The second kappa shape index (κ2) is 7.29. The molecule has 0 aliphatic carbocycles. The van der Waals surface area contributed by atoms with Crippen LogP contribution in [0, 0.1) is 0 Å². The van der Waals surface area contributed by atoms with Crippen molar-refractivity contribution in [1.29, 1.82) is 0 Å². The third-order valence-electron chi connectivity index (χ3n) is 4.91. The van der Waals surface area contributed by atoms with Crippen LogP contribution in [0.4, 0.5) is 0 Å². The molecule has 2 saturated heterocycles. The van der Waals surface area contributed by atoms with Crippen molar-refractivity contribution < 1.29 is 18.8 Å². The fourth-order valence-corrected chi connectivity index (χ4v) is 3.52. The Labute approximate surface area is 151 Å². The molecule has 2 aliphatic rings. The van der Waals surface area contributed by atoms with Gasteiger partial charge in [0.2, 0.25) is 5.91 Å². The molecule has 2 aliphatic heterocycles. The number of hydrogen-bond donors (Lipinski definition) is 0. The molecule has 0 bridgehead atoms. The number of morpholine rings is 1. The lowest BCUT2D eigenvalue weighted by molar-refractivity contribution is -0.139. The van der Waals surface area contributed by atoms with E-state index in [0.29, 0.717) is 45.0 Å². The van der Waals surface area contributed by atoms with Crippen molar-refractivity contribution in [3.05, 3.63) is 42.1 Å². The van der Waals surface area contributed by atoms with Crippen molar-refractivity contribution in [2.45, 2.75) is 18.9 Å². The van der Waals surface area contributed by atoms with E-state index in [2.05, 4.69) is 5.16 Å². The van der Waals surface area contributed by atoms with Gasteiger partial charge in [-0.25, -0.2) is 0 Å². The van der Waals surface area contributed by atoms with Crippen LogP contribution >= 0.6 is 0 Å². The Kier molecular flexibility index (Phi) is 4.71. The van der Waals surface area contributed by atoms with E-state index in [1.807, 2.05) is 30.3 Å². The molecule has 1 atom stereocenters. The summed E-state index contributed by atoms with van der Waals surface area (Å²) in [6.07, 6.45) is 1.50. The summed E-state index contributed by atoms with van der Waals surface area (Å²) >= 11 is 0. The van der Waals surface area contributed by atoms with Gasteiger partial charge in [-0.3, -0.25) is 9.59 Å². The number of ether oxygens (including phenoxy) is 1. The lowest BCUT2D eigenvalue weighted by atomic mass is 10.1. The summed E-state index contributed by atoms with van der Waals surface area (Å²) < 4.78 is 10.6. The molecule has 0 N–H and O–H groups in total. The van der Waals surface area contributed by atoms with E-state index in [-0.39, 0.29) is 17.5 Å². The van der Waals surface area contributed by atoms with Crippen LogP contribution in [0.25, 0.3) is 11.3 Å². The first kappa shape index (κ1) is 16.8. The second-order valence-corrected chi connectivity index (χ2v) is 6.54. The summed E-state index contributed by atoms with van der Waals surface area (Å²) in [7, 11) is 0. The Morgan fingerprint density at radius 2 is 1.85 bits per heavy atom. The average Bonchev–Trinajstić information content (AvgIpc) is 3.38. The van der Waals surface area contributed by atoms with Gasteiger partial charge in [0.15, 0.2) is 11.5 Å². The fourth-order valence-electron chi connectivity index (χ4n) is 3.52. The van der Waals surface area contributed by atoms with E-state index < -0.39 is 6.04 Å². The Morgan fingerprint density at radius 1 is 1.08 bits per heavy atom. The number of benzene rings is 1. The zero-order chi connectivity index (χ0) is 17.9. The Hall–Kier alpha value is -2.67. The number of hydrogen-bond acceptors (Lipinski definition) is 5. The Balaban J connectivity index is 1.50. The Bertz CT molecular complexity index is 783. The first-order valence-electron chi connectivity index (χ1n) is 8.93. The van der Waals surface area contributed by atoms with Gasteiger partial charge < -0.3 is 19.1 Å². The molecule has 0 radical (unpaired) electrons. The summed E-state index contributed by atoms with van der Waals surface area (Å²) in [5.41, 5.74) is 1.10. The zero-order valence-corrected chi connectivity index (χ0v) is 14.5. The van der Waals surface area contributed by atoms with Crippen LogP contribution in [0.15, 0.2) is 40.9 Å². The number of aromatic nitrogens is 1. The number of carbonyl (C=O) groups excluding carboxylic acids is 2. The van der Waals surface area contributed by atoms with E-state index in [0.717, 1.165) is 12.0 Å². The molecule has 2 amide bonds. The van der Waals surface area contributed by atoms with Crippen molar-refractivity contribution in [1.82, 2.24) is 15.0 Å². The number of amides is 2. The lowest BCUT2D eigenvalue weighted by Crippen LogP contribution is -2.51. The van der Waals surface area contributed by atoms with E-state index in [9.17, 15) is 9.59 Å². The molecule has 0 saturated carbocycles. The number of carbonyl (C=O) groups is 2. The van der Waals surface area contributed by atoms with Crippen LogP contribution in [0.3, 0.4) is 0 Å². The van der Waals surface area contributed by atoms with Crippen LogP contribution in [0.1, 0.15) is 23.3 Å². The highest BCUT2D eigenvalue weighted by molar-refractivity contribution is 5.97. The van der Waals surface area contributed by atoms with Gasteiger partial charge in [-0.2, -0.15) is 0 Å². The molecular weight excluding hydrogens is 334 g/mol. The summed E-state index contributed by atoms with van der Waals surface area (Å²) in [4.78, 5) is 29.1. The van der Waals surface area contributed by atoms with Gasteiger partial charge in [-0.15, -0.1) is 0 Å². The maximum atomic E-state index is 12.9. The molecule has 7 heteroatoms. The summed E-state index contributed by atoms with van der Waals surface area (Å²) in [6.45, 7) is 2.83. The van der Waals surface area contributed by atoms with Gasteiger partial charge in [-0.05, 0) is 12.8 Å². The fraction of sp³-hybridized carbons (Fsp3) is 0.421. The van der Waals surface area contributed by atoms with Gasteiger partial charge in [-0.1, -0.05) is 35.5 Å². The van der Waals surface area contributed by atoms with Crippen molar-refractivity contribution in [3.63, 3.8) is 0 Å². The van der Waals surface area contributed by atoms with Gasteiger partial charge in [0.1, 0.15) is 6.04 Å². The van der Waals surface area contributed by atoms with Crippen molar-refractivity contribution in [3.8, 4) is 11.3 Å². The maximum Gasteiger partial charge on any atom is 0.276 e. The van der Waals surface area contributed by atoms with E-state index in [4.69, 9.17) is 9.26 Å². The largest absolute Gasteiger partial charge is 0.378 e. The van der Waals surface area contributed by atoms with Crippen molar-refractivity contribution in [2.75, 3.05) is 32.8 Å². The van der Waals surface area contributed by atoms with Crippen molar-refractivity contribution in [2.24, 2.45) is 0 Å². The molecule has 0 spiro atoms. The second-order valence-electron chi connectivity index (χ2n) is 6.54. The van der Waals surface area contributed by atoms with Gasteiger partial charge >= 0.3 is 0 Å². The minimum absolute atomic E-state index is 0.00549. The summed E-state index contributed by atoms with van der Waals surface area (Å²) in [6, 6.07) is 10.7. The molecule has 1 aromatic heterocycles. The quantitative estimate of drug-likeness (QED) is 0.839. The predicted octanol–water partition coefficient (Wildman–Crippen LogP) is 1.81. The van der Waals surface area contributed by atoms with Gasteiger partial charge in [0.25, 0.3) is 5.91 Å². The molecule has 7 nitrogen and oxygen atoms in total. The summed E-state index contributed by atoms with van der Waals surface area (Å²) in [5.74, 6) is 0.301. The number of likely N-dealkylation sites (tertiary alicyclic amines) is 1. The van der Waals surface area contributed by atoms with Crippen molar-refractivity contribution >= 4 is 11.8 Å². The standard InChI is InChI=1S/C19H21N3O4/c23-18(15-13-17(26-20-15)14-5-2-1-3-6-14)22-8-4-7-16(22)19(24)21-9-11-25-12-10-21/h1-3,5-6,13,16H,4,7-12H2/t16-/m1/s1. The summed E-state index contributed by atoms with van der Waals surface area (Å²) in [5, 5.41) is 3.93. The van der Waals surface area contributed by atoms with E-state index >= 15 is 0 Å². The monoisotopic (exact) mass is 355 g/mol. The molecule has 3 heterocycles. The lowest BCUT2D eigenvalue weighted by Gasteiger charge is -2.32. The van der Waals surface area contributed by atoms with E-state index in [1.165, 1.54) is 0 Å². The normalized spacial score (nSPS) is 20.4. The maximum absolute atomic E-state index is 12.9. The number of rotatable bonds is 3. The minimum Gasteiger partial charge on any atom is -0.378 e. The Morgan fingerprint density at radius 3 is 2.62 bits per heavy atom. The first-order valence-corrected chi connectivity index (χ1v) is 8.93. The third-order valence-corrected chi connectivity index (χ3v) is 4.91. The van der Waals surface area contributed by atoms with Crippen LogP contribution in [0.2, 0.25) is 0 Å². The van der Waals surface area contributed by atoms with Crippen LogP contribution in [-0.4, -0.2) is 65.7 Å². The highest BCUT2D eigenvalue weighted by atomic mass is 16.5. The third kappa shape index (κ3) is 3.22. The first-order chi connectivity index (χ1) is 12.7.